The molecule has 0 aromatic heterocycles. The summed E-state index contributed by atoms with van der Waals surface area (Å²) < 4.78 is 0. The minimum atomic E-state index is -1.00. The van der Waals surface area contributed by atoms with Crippen LogP contribution >= 0.6 is 24.8 Å². The first-order valence-corrected chi connectivity index (χ1v) is 2.99. The number of carboxylic acid groups (broad SMARTS) is 1. The summed E-state index contributed by atoms with van der Waals surface area (Å²) in [6.07, 6.45) is 0. The van der Waals surface area contributed by atoms with Gasteiger partial charge in [0.25, 0.3) is 0 Å². The summed E-state index contributed by atoms with van der Waals surface area (Å²) >= 11 is 0. The van der Waals surface area contributed by atoms with Gasteiger partial charge in [-0.25, -0.2) is 4.79 Å². The van der Waals surface area contributed by atoms with Crippen LogP contribution in [0, 0.1) is 0 Å². The van der Waals surface area contributed by atoms with Crippen LogP contribution in [-0.4, -0.2) is 11.1 Å². The van der Waals surface area contributed by atoms with Gasteiger partial charge in [0.15, 0.2) is 0 Å². The van der Waals surface area contributed by atoms with E-state index in [2.05, 4.69) is 0 Å². The lowest BCUT2D eigenvalue weighted by atomic mass is 10.2. The van der Waals surface area contributed by atoms with Gasteiger partial charge in [-0.1, -0.05) is 0 Å². The Hall–Kier alpha value is -1.13. The molecule has 6 heteroatoms. The first-order valence-electron chi connectivity index (χ1n) is 2.99. The fourth-order valence-corrected chi connectivity index (χ4v) is 0.708. The molecule has 74 valence electrons. The summed E-state index contributed by atoms with van der Waals surface area (Å²) in [4.78, 5) is 10.4. The summed E-state index contributed by atoms with van der Waals surface area (Å²) in [5.74, 6) is -1.00. The largest absolute Gasteiger partial charge is 0.478 e. The van der Waals surface area contributed by atoms with Crippen LogP contribution < -0.4 is 11.5 Å². The zero-order valence-electron chi connectivity index (χ0n) is 6.56. The predicted octanol–water partition coefficient (Wildman–Crippen LogP) is 1.39. The number of benzene rings is 1. The van der Waals surface area contributed by atoms with E-state index in [1.54, 1.807) is 0 Å². The lowest BCUT2D eigenvalue weighted by Gasteiger charge is -1.99. The quantitative estimate of drug-likeness (QED) is 0.630. The summed E-state index contributed by atoms with van der Waals surface area (Å²) in [5.41, 5.74) is 11.6. The van der Waals surface area contributed by atoms with E-state index >= 15 is 0 Å². The Balaban J connectivity index is 0. The molecule has 0 saturated carbocycles. The van der Waals surface area contributed by atoms with Gasteiger partial charge in [0.1, 0.15) is 0 Å². The maximum atomic E-state index is 10.4. The first-order chi connectivity index (χ1) is 5.11. The highest BCUT2D eigenvalue weighted by Crippen LogP contribution is 2.15. The Labute approximate surface area is 87.7 Å². The monoisotopic (exact) mass is 224 g/mol. The molecule has 0 unspecified atom stereocenters. The van der Waals surface area contributed by atoms with Gasteiger partial charge in [0.2, 0.25) is 0 Å². The number of carbonyl (C=O) groups is 1. The van der Waals surface area contributed by atoms with Crippen molar-refractivity contribution in [3.63, 3.8) is 0 Å². The van der Waals surface area contributed by atoms with Crippen LogP contribution in [0.1, 0.15) is 10.4 Å². The summed E-state index contributed by atoms with van der Waals surface area (Å²) in [6.45, 7) is 0. The molecule has 4 nitrogen and oxygen atoms in total. The van der Waals surface area contributed by atoms with Gasteiger partial charge < -0.3 is 16.6 Å². The van der Waals surface area contributed by atoms with Crippen molar-refractivity contribution < 1.29 is 9.90 Å². The van der Waals surface area contributed by atoms with Crippen LogP contribution in [0.15, 0.2) is 18.2 Å². The molecule has 0 aliphatic rings. The van der Waals surface area contributed by atoms with Gasteiger partial charge >= 0.3 is 5.97 Å². The molecule has 0 spiro atoms. The van der Waals surface area contributed by atoms with Gasteiger partial charge in [-0.2, -0.15) is 0 Å². The molecule has 0 amide bonds. The maximum absolute atomic E-state index is 10.4. The summed E-state index contributed by atoms with van der Waals surface area (Å²) in [5, 5.41) is 8.50. The van der Waals surface area contributed by atoms with Crippen molar-refractivity contribution in [3.05, 3.63) is 23.8 Å². The zero-order chi connectivity index (χ0) is 8.43. The highest BCUT2D eigenvalue weighted by Gasteiger charge is 2.03. The molecule has 0 fully saturated rings. The molecule has 1 rings (SSSR count). The number of hydrogen-bond donors (Lipinski definition) is 3. The van der Waals surface area contributed by atoms with Crippen molar-refractivity contribution in [1.82, 2.24) is 0 Å². The number of aromatic carboxylic acids is 1. The van der Waals surface area contributed by atoms with Gasteiger partial charge in [0.05, 0.1) is 16.9 Å². The van der Waals surface area contributed by atoms with Gasteiger partial charge in [-0.3, -0.25) is 0 Å². The van der Waals surface area contributed by atoms with E-state index in [1.807, 2.05) is 0 Å². The minimum Gasteiger partial charge on any atom is -0.478 e. The number of halogens is 2. The Bertz CT molecular complexity index is 305. The number of anilines is 2. The molecular formula is C7H10Cl2N2O2. The highest BCUT2D eigenvalue weighted by atomic mass is 35.5. The number of hydrogen-bond acceptors (Lipinski definition) is 3. The minimum absolute atomic E-state index is 0. The van der Waals surface area contributed by atoms with E-state index < -0.39 is 5.97 Å². The molecule has 0 atom stereocenters. The molecule has 5 N–H and O–H groups in total. The average molecular weight is 225 g/mol. The van der Waals surface area contributed by atoms with E-state index in [9.17, 15) is 4.79 Å². The predicted molar refractivity (Wildman–Crippen MR) is 56.7 cm³/mol. The molecule has 1 aromatic carbocycles. The number of nitrogen functional groups attached to an aromatic ring is 2. The molecule has 0 bridgehead atoms. The fraction of sp³-hybridized carbons (Fsp3) is 0. The average Bonchev–Trinajstić information content (AvgIpc) is 1.94. The summed E-state index contributed by atoms with van der Waals surface area (Å²) in [7, 11) is 0. The van der Waals surface area contributed by atoms with Crippen LogP contribution in [0.2, 0.25) is 0 Å². The second-order valence-corrected chi connectivity index (χ2v) is 2.15. The van der Waals surface area contributed by atoms with Crippen molar-refractivity contribution in [2.45, 2.75) is 0 Å². The SMILES string of the molecule is Cl.Cl.Nc1ccc(C(=O)O)cc1N. The fourth-order valence-electron chi connectivity index (χ4n) is 0.708. The van der Waals surface area contributed by atoms with Crippen molar-refractivity contribution in [2.24, 2.45) is 0 Å². The molecule has 0 aliphatic carbocycles. The van der Waals surface area contributed by atoms with Crippen molar-refractivity contribution in [2.75, 3.05) is 11.5 Å². The number of rotatable bonds is 1. The standard InChI is InChI=1S/C7H8N2O2.2ClH/c8-5-2-1-4(7(10)11)3-6(5)9;;/h1-3H,8-9H2,(H,10,11);2*1H. The third kappa shape index (κ3) is 3.40. The molecule has 0 aliphatic heterocycles. The van der Waals surface area contributed by atoms with Crippen LogP contribution in [-0.2, 0) is 0 Å². The zero-order valence-corrected chi connectivity index (χ0v) is 8.19. The molecule has 0 heterocycles. The lowest BCUT2D eigenvalue weighted by Crippen LogP contribution is -2.00. The number of carboxylic acids is 1. The van der Waals surface area contributed by atoms with Crippen LogP contribution in [0.5, 0.6) is 0 Å². The first kappa shape index (κ1) is 14.4. The van der Waals surface area contributed by atoms with E-state index in [-0.39, 0.29) is 30.4 Å². The highest BCUT2D eigenvalue weighted by molar-refractivity contribution is 5.90. The van der Waals surface area contributed by atoms with Crippen molar-refractivity contribution >= 4 is 42.2 Å². The Morgan fingerprint density at radius 2 is 1.69 bits per heavy atom. The Morgan fingerprint density at radius 3 is 2.08 bits per heavy atom. The maximum Gasteiger partial charge on any atom is 0.335 e. The van der Waals surface area contributed by atoms with Crippen molar-refractivity contribution in [3.8, 4) is 0 Å². The second kappa shape index (κ2) is 5.50. The van der Waals surface area contributed by atoms with E-state index in [0.717, 1.165) is 0 Å². The van der Waals surface area contributed by atoms with Crippen molar-refractivity contribution in [1.29, 1.82) is 0 Å². The van der Waals surface area contributed by atoms with Crippen LogP contribution in [0.3, 0.4) is 0 Å². The summed E-state index contributed by atoms with van der Waals surface area (Å²) in [6, 6.07) is 4.21. The topological polar surface area (TPSA) is 89.3 Å². The normalized spacial score (nSPS) is 8.00. The van der Waals surface area contributed by atoms with E-state index in [1.165, 1.54) is 18.2 Å². The Kier molecular flexibility index (Phi) is 6.10. The lowest BCUT2D eigenvalue weighted by molar-refractivity contribution is 0.0697. The third-order valence-electron chi connectivity index (χ3n) is 1.33. The molecule has 0 saturated heterocycles. The van der Waals surface area contributed by atoms with E-state index in [4.69, 9.17) is 16.6 Å². The van der Waals surface area contributed by atoms with Gasteiger partial charge in [-0.05, 0) is 18.2 Å². The van der Waals surface area contributed by atoms with Gasteiger partial charge in [0, 0.05) is 0 Å². The second-order valence-electron chi connectivity index (χ2n) is 2.15. The molecule has 0 radical (unpaired) electrons. The molecular weight excluding hydrogens is 215 g/mol. The van der Waals surface area contributed by atoms with Crippen LogP contribution in [0.4, 0.5) is 11.4 Å². The Morgan fingerprint density at radius 1 is 1.15 bits per heavy atom. The molecule has 1 aromatic rings. The number of nitrogens with two attached hydrogens (primary N) is 2. The smallest absolute Gasteiger partial charge is 0.335 e. The van der Waals surface area contributed by atoms with Gasteiger partial charge in [-0.15, -0.1) is 24.8 Å². The van der Waals surface area contributed by atoms with E-state index in [0.29, 0.717) is 11.4 Å². The third-order valence-corrected chi connectivity index (χ3v) is 1.33. The van der Waals surface area contributed by atoms with Crippen LogP contribution in [0.25, 0.3) is 0 Å². The molecule has 13 heavy (non-hydrogen) atoms.